The van der Waals surface area contributed by atoms with Crippen LogP contribution in [0.5, 0.6) is 0 Å². The van der Waals surface area contributed by atoms with Crippen LogP contribution in [0.3, 0.4) is 0 Å². The second kappa shape index (κ2) is 7.72. The fourth-order valence-electron chi connectivity index (χ4n) is 4.13. The van der Waals surface area contributed by atoms with E-state index in [1.54, 1.807) is 11.3 Å². The lowest BCUT2D eigenvalue weighted by atomic mass is 9.86. The zero-order valence-corrected chi connectivity index (χ0v) is 16.7. The van der Waals surface area contributed by atoms with Gasteiger partial charge in [0.25, 0.3) is 5.56 Å². The normalized spacial score (nSPS) is 23.0. The summed E-state index contributed by atoms with van der Waals surface area (Å²) in [4.78, 5) is 34.5. The Bertz CT molecular complexity index is 874. The first-order valence-electron chi connectivity index (χ1n) is 9.58. The highest BCUT2D eigenvalue weighted by atomic mass is 32.2. The van der Waals surface area contributed by atoms with Crippen LogP contribution in [0.2, 0.25) is 0 Å². The first-order chi connectivity index (χ1) is 12.6. The molecule has 2 N–H and O–H groups in total. The maximum atomic E-state index is 12.5. The van der Waals surface area contributed by atoms with Gasteiger partial charge in [-0.25, -0.2) is 4.98 Å². The Morgan fingerprint density at radius 1 is 1.27 bits per heavy atom. The van der Waals surface area contributed by atoms with Gasteiger partial charge in [-0.1, -0.05) is 31.5 Å². The lowest BCUT2D eigenvalue weighted by molar-refractivity contribution is -0.119. The van der Waals surface area contributed by atoms with E-state index in [0.29, 0.717) is 16.8 Å². The molecule has 0 unspecified atom stereocenters. The van der Waals surface area contributed by atoms with Crippen molar-refractivity contribution in [1.29, 1.82) is 0 Å². The van der Waals surface area contributed by atoms with E-state index >= 15 is 0 Å². The molecule has 26 heavy (non-hydrogen) atoms. The molecule has 2 aromatic rings. The number of carbonyl (C=O) groups is 1. The standard InChI is InChI=1S/C19H25N3O2S2/c1-11-6-2-4-8-13(11)20-15(23)10-25-19-21-17(24)16-12-7-3-5-9-14(12)26-18(16)22-19/h11,13H,2-10H2,1H3,(H,20,23)(H,21,22,24)/t11-,13+/m0/s1. The van der Waals surface area contributed by atoms with Crippen LogP contribution in [0.15, 0.2) is 9.95 Å². The zero-order valence-electron chi connectivity index (χ0n) is 15.1. The fraction of sp³-hybridized carbons (Fsp3) is 0.632. The summed E-state index contributed by atoms with van der Waals surface area (Å²) in [6.45, 7) is 2.21. The van der Waals surface area contributed by atoms with Crippen LogP contribution in [0.25, 0.3) is 10.2 Å². The number of carbonyl (C=O) groups excluding carboxylic acids is 1. The number of hydrogen-bond donors (Lipinski definition) is 2. The van der Waals surface area contributed by atoms with Gasteiger partial charge < -0.3 is 10.3 Å². The van der Waals surface area contributed by atoms with Crippen LogP contribution in [0.4, 0.5) is 0 Å². The summed E-state index contributed by atoms with van der Waals surface area (Å²) in [6, 6.07) is 0.287. The van der Waals surface area contributed by atoms with Crippen LogP contribution in [0, 0.1) is 5.92 Å². The molecule has 0 spiro atoms. The van der Waals surface area contributed by atoms with Gasteiger partial charge in [0, 0.05) is 10.9 Å². The van der Waals surface area contributed by atoms with E-state index in [-0.39, 0.29) is 17.5 Å². The van der Waals surface area contributed by atoms with Gasteiger partial charge in [0.1, 0.15) is 4.83 Å². The van der Waals surface area contributed by atoms with E-state index in [9.17, 15) is 9.59 Å². The molecular weight excluding hydrogens is 366 g/mol. The van der Waals surface area contributed by atoms with Gasteiger partial charge in [-0.05, 0) is 50.0 Å². The molecule has 0 aromatic carbocycles. The Hall–Kier alpha value is -1.34. The minimum Gasteiger partial charge on any atom is -0.352 e. The van der Waals surface area contributed by atoms with Gasteiger partial charge in [-0.15, -0.1) is 11.3 Å². The summed E-state index contributed by atoms with van der Waals surface area (Å²) >= 11 is 2.97. The molecule has 2 aliphatic carbocycles. The van der Waals surface area contributed by atoms with Crippen molar-refractivity contribution >= 4 is 39.2 Å². The number of nitrogens with zero attached hydrogens (tertiary/aromatic N) is 1. The average molecular weight is 392 g/mol. The highest BCUT2D eigenvalue weighted by Crippen LogP contribution is 2.34. The largest absolute Gasteiger partial charge is 0.352 e. The molecule has 2 atom stereocenters. The first-order valence-corrected chi connectivity index (χ1v) is 11.4. The van der Waals surface area contributed by atoms with Gasteiger partial charge in [0.2, 0.25) is 5.91 Å². The van der Waals surface area contributed by atoms with Crippen LogP contribution in [-0.2, 0) is 17.6 Å². The number of aromatic amines is 1. The number of fused-ring (bicyclic) bond motifs is 3. The number of nitrogens with one attached hydrogen (secondary N) is 2. The second-order valence-electron chi connectivity index (χ2n) is 7.49. The molecule has 2 aromatic heterocycles. The number of amides is 1. The Morgan fingerprint density at radius 3 is 2.92 bits per heavy atom. The number of aromatic nitrogens is 2. The molecule has 0 radical (unpaired) electrons. The molecule has 4 rings (SSSR count). The summed E-state index contributed by atoms with van der Waals surface area (Å²) in [6.07, 6.45) is 9.09. The Balaban J connectivity index is 1.44. The van der Waals surface area contributed by atoms with Gasteiger partial charge in [0.05, 0.1) is 11.1 Å². The predicted molar refractivity (Wildman–Crippen MR) is 107 cm³/mol. The third-order valence-corrected chi connectivity index (χ3v) is 7.66. The predicted octanol–water partition coefficient (Wildman–Crippen LogP) is 3.65. The fourth-order valence-corrected chi connectivity index (χ4v) is 6.12. The molecule has 5 nitrogen and oxygen atoms in total. The van der Waals surface area contributed by atoms with E-state index in [1.165, 1.54) is 47.9 Å². The molecule has 0 aliphatic heterocycles. The van der Waals surface area contributed by atoms with Gasteiger partial charge >= 0.3 is 0 Å². The van der Waals surface area contributed by atoms with E-state index in [0.717, 1.165) is 35.9 Å². The molecule has 1 amide bonds. The number of aryl methyl sites for hydroxylation is 2. The Kier molecular flexibility index (Phi) is 5.36. The molecule has 1 fully saturated rings. The Labute approximate surface area is 161 Å². The lowest BCUT2D eigenvalue weighted by Crippen LogP contribution is -2.41. The summed E-state index contributed by atoms with van der Waals surface area (Å²) < 4.78 is 0. The number of H-pyrrole nitrogens is 1. The molecule has 2 heterocycles. The highest BCUT2D eigenvalue weighted by Gasteiger charge is 2.23. The van der Waals surface area contributed by atoms with Crippen molar-refractivity contribution < 1.29 is 4.79 Å². The maximum absolute atomic E-state index is 12.5. The van der Waals surface area contributed by atoms with Crippen LogP contribution < -0.4 is 10.9 Å². The minimum atomic E-state index is -0.0572. The zero-order chi connectivity index (χ0) is 18.1. The number of thiophene rings is 1. The van der Waals surface area contributed by atoms with Crippen molar-refractivity contribution in [2.24, 2.45) is 5.92 Å². The first kappa shape index (κ1) is 18.0. The van der Waals surface area contributed by atoms with Gasteiger partial charge in [-0.3, -0.25) is 9.59 Å². The molecule has 1 saturated carbocycles. The number of thioether (sulfide) groups is 1. The Morgan fingerprint density at radius 2 is 2.08 bits per heavy atom. The van der Waals surface area contributed by atoms with E-state index in [4.69, 9.17) is 0 Å². The maximum Gasteiger partial charge on any atom is 0.260 e. The second-order valence-corrected chi connectivity index (χ2v) is 9.53. The highest BCUT2D eigenvalue weighted by molar-refractivity contribution is 7.99. The van der Waals surface area contributed by atoms with Crippen molar-refractivity contribution in [2.75, 3.05) is 5.75 Å². The van der Waals surface area contributed by atoms with Crippen molar-refractivity contribution in [2.45, 2.75) is 69.5 Å². The average Bonchev–Trinajstić information content (AvgIpc) is 3.01. The lowest BCUT2D eigenvalue weighted by Gasteiger charge is -2.29. The van der Waals surface area contributed by atoms with Crippen LogP contribution >= 0.6 is 23.1 Å². The number of rotatable bonds is 4. The summed E-state index contributed by atoms with van der Waals surface area (Å²) in [7, 11) is 0. The topological polar surface area (TPSA) is 74.8 Å². The smallest absolute Gasteiger partial charge is 0.260 e. The minimum absolute atomic E-state index is 0.0296. The third-order valence-electron chi connectivity index (χ3n) is 5.60. The molecule has 2 aliphatic rings. The third kappa shape index (κ3) is 3.69. The molecule has 0 bridgehead atoms. The molecule has 0 saturated heterocycles. The van der Waals surface area contributed by atoms with Crippen molar-refractivity contribution in [3.05, 3.63) is 20.8 Å². The summed E-state index contributed by atoms with van der Waals surface area (Å²) in [5.74, 6) is 0.870. The van der Waals surface area contributed by atoms with E-state index in [2.05, 4.69) is 22.2 Å². The van der Waals surface area contributed by atoms with Gasteiger partial charge in [0.15, 0.2) is 5.16 Å². The van der Waals surface area contributed by atoms with E-state index < -0.39 is 0 Å². The SMILES string of the molecule is C[C@H]1CCCC[C@H]1NC(=O)CSc1nc2sc3c(c2c(=O)[nH]1)CCCC3. The summed E-state index contributed by atoms with van der Waals surface area (Å²) in [5.41, 5.74) is 1.14. The molecule has 7 heteroatoms. The van der Waals surface area contributed by atoms with Crippen LogP contribution in [0.1, 0.15) is 55.9 Å². The number of hydrogen-bond acceptors (Lipinski definition) is 5. The van der Waals surface area contributed by atoms with E-state index in [1.807, 2.05) is 0 Å². The monoisotopic (exact) mass is 391 g/mol. The van der Waals surface area contributed by atoms with Crippen molar-refractivity contribution in [1.82, 2.24) is 15.3 Å². The summed E-state index contributed by atoms with van der Waals surface area (Å²) in [5, 5.41) is 4.48. The van der Waals surface area contributed by atoms with Crippen molar-refractivity contribution in [3.8, 4) is 0 Å². The van der Waals surface area contributed by atoms with Crippen molar-refractivity contribution in [3.63, 3.8) is 0 Å². The molecule has 140 valence electrons. The van der Waals surface area contributed by atoms with Crippen LogP contribution in [-0.4, -0.2) is 27.7 Å². The van der Waals surface area contributed by atoms with Gasteiger partial charge in [-0.2, -0.15) is 0 Å². The quantitative estimate of drug-likeness (QED) is 0.616. The molecular formula is C19H25N3O2S2.